The average molecular weight is 439 g/mol. The summed E-state index contributed by atoms with van der Waals surface area (Å²) >= 11 is 0. The van der Waals surface area contributed by atoms with Crippen LogP contribution in [0.15, 0.2) is 24.3 Å². The fourth-order valence-electron chi connectivity index (χ4n) is 3.93. The van der Waals surface area contributed by atoms with Gasteiger partial charge in [-0.3, -0.25) is 0 Å². The van der Waals surface area contributed by atoms with Crippen LogP contribution in [0.3, 0.4) is 0 Å². The first kappa shape index (κ1) is 24.6. The molecule has 30 heavy (non-hydrogen) atoms. The molecule has 0 spiro atoms. The topological polar surface area (TPSA) is 95.4 Å². The zero-order valence-electron chi connectivity index (χ0n) is 18.4. The number of aliphatic hydroxyl groups excluding tert-OH is 1. The molecule has 0 unspecified atom stereocenters. The van der Waals surface area contributed by atoms with E-state index in [1.807, 2.05) is 12.1 Å². The summed E-state index contributed by atoms with van der Waals surface area (Å²) in [5, 5.41) is 14.0. The molecule has 168 valence electrons. The van der Waals surface area contributed by atoms with Crippen LogP contribution in [0.25, 0.3) is 0 Å². The molecule has 1 aromatic heterocycles. The molecule has 1 aliphatic carbocycles. The maximum Gasteiger partial charge on any atom is 0.188 e. The largest absolute Gasteiger partial charge is 0.486 e. The normalized spacial score (nSPS) is 21.9. The van der Waals surface area contributed by atoms with Gasteiger partial charge in [0.1, 0.15) is 18.2 Å². The number of aromatic nitrogens is 3. The van der Waals surface area contributed by atoms with Crippen molar-refractivity contribution >= 4 is 12.4 Å². The monoisotopic (exact) mass is 438 g/mol. The number of hydrogen-bond donors (Lipinski definition) is 2. The first-order valence-corrected chi connectivity index (χ1v) is 10.4. The molecule has 2 aromatic rings. The molecule has 1 saturated carbocycles. The maximum absolute atomic E-state index is 9.42. The number of aliphatic hydroxyl groups is 1. The van der Waals surface area contributed by atoms with E-state index in [0.717, 1.165) is 30.8 Å². The SMILES string of the molecule is CO[C@@H]1CC[C@H](c2nc(COc3ccc(C(C)(C)C)cc3)nn2CCO)C[C@H]1N.Cl. The van der Waals surface area contributed by atoms with Crippen molar-refractivity contribution in [1.29, 1.82) is 0 Å². The molecule has 0 bridgehead atoms. The van der Waals surface area contributed by atoms with Gasteiger partial charge in [-0.15, -0.1) is 12.4 Å². The number of ether oxygens (including phenoxy) is 2. The van der Waals surface area contributed by atoms with E-state index in [2.05, 4.69) is 38.0 Å². The molecule has 0 radical (unpaired) electrons. The fraction of sp³-hybridized carbons (Fsp3) is 0.636. The zero-order chi connectivity index (χ0) is 21.0. The lowest BCUT2D eigenvalue weighted by atomic mass is 9.83. The van der Waals surface area contributed by atoms with E-state index in [1.165, 1.54) is 5.56 Å². The van der Waals surface area contributed by atoms with Gasteiger partial charge in [-0.25, -0.2) is 9.67 Å². The van der Waals surface area contributed by atoms with Crippen LogP contribution in [-0.2, 0) is 23.3 Å². The molecule has 7 nitrogen and oxygen atoms in total. The minimum Gasteiger partial charge on any atom is -0.486 e. The van der Waals surface area contributed by atoms with Crippen molar-refractivity contribution in [3.8, 4) is 5.75 Å². The van der Waals surface area contributed by atoms with Crippen molar-refractivity contribution < 1.29 is 14.6 Å². The summed E-state index contributed by atoms with van der Waals surface area (Å²) in [6.45, 7) is 7.29. The number of nitrogens with two attached hydrogens (primary N) is 1. The smallest absolute Gasteiger partial charge is 0.188 e. The predicted octanol–water partition coefficient (Wildman–Crippen LogP) is 3.18. The summed E-state index contributed by atoms with van der Waals surface area (Å²) < 4.78 is 13.2. The molecule has 1 heterocycles. The number of halogens is 1. The summed E-state index contributed by atoms with van der Waals surface area (Å²) in [5.41, 5.74) is 7.65. The van der Waals surface area contributed by atoms with Crippen LogP contribution in [-0.4, -0.2) is 45.7 Å². The van der Waals surface area contributed by atoms with E-state index in [4.69, 9.17) is 20.2 Å². The first-order chi connectivity index (χ1) is 13.8. The van der Waals surface area contributed by atoms with Gasteiger partial charge in [0, 0.05) is 19.1 Å². The number of methoxy groups -OCH3 is 1. The van der Waals surface area contributed by atoms with E-state index >= 15 is 0 Å². The van der Waals surface area contributed by atoms with Crippen molar-refractivity contribution in [3.05, 3.63) is 41.5 Å². The lowest BCUT2D eigenvalue weighted by molar-refractivity contribution is 0.0478. The van der Waals surface area contributed by atoms with Crippen molar-refractivity contribution in [2.75, 3.05) is 13.7 Å². The summed E-state index contributed by atoms with van der Waals surface area (Å²) in [6, 6.07) is 8.13. The van der Waals surface area contributed by atoms with Crippen LogP contribution in [0.2, 0.25) is 0 Å². The molecule has 3 N–H and O–H groups in total. The number of hydrogen-bond acceptors (Lipinski definition) is 6. The molecule has 1 aliphatic rings. The van der Waals surface area contributed by atoms with Crippen molar-refractivity contribution in [2.45, 2.75) is 76.7 Å². The minimum absolute atomic E-state index is 0. The standard InChI is InChI=1S/C22H34N4O3.ClH/c1-22(2,3)16-6-8-17(9-7-16)29-14-20-24-21(26(25-20)11-12-27)15-5-10-19(28-4)18(23)13-15;/h6-9,15,18-19,27H,5,10-14,23H2,1-4H3;1H/t15-,18+,19+;/m0./s1. The van der Waals surface area contributed by atoms with Gasteiger partial charge in [0.05, 0.1) is 19.3 Å². The van der Waals surface area contributed by atoms with Gasteiger partial charge >= 0.3 is 0 Å². The van der Waals surface area contributed by atoms with E-state index in [-0.39, 0.29) is 42.5 Å². The van der Waals surface area contributed by atoms with Crippen molar-refractivity contribution in [3.63, 3.8) is 0 Å². The third-order valence-electron chi connectivity index (χ3n) is 5.65. The molecular formula is C22H35ClN4O3. The van der Waals surface area contributed by atoms with Gasteiger partial charge in [-0.2, -0.15) is 5.10 Å². The van der Waals surface area contributed by atoms with E-state index in [9.17, 15) is 5.11 Å². The maximum atomic E-state index is 9.42. The minimum atomic E-state index is -0.0148. The Labute approximate surface area is 185 Å². The summed E-state index contributed by atoms with van der Waals surface area (Å²) in [7, 11) is 1.71. The van der Waals surface area contributed by atoms with Crippen LogP contribution < -0.4 is 10.5 Å². The van der Waals surface area contributed by atoms with E-state index < -0.39 is 0 Å². The van der Waals surface area contributed by atoms with Crippen molar-refractivity contribution in [1.82, 2.24) is 14.8 Å². The van der Waals surface area contributed by atoms with E-state index in [0.29, 0.717) is 19.0 Å². The molecule has 3 atom stereocenters. The second kappa shape index (κ2) is 10.6. The predicted molar refractivity (Wildman–Crippen MR) is 119 cm³/mol. The van der Waals surface area contributed by atoms with Crippen LogP contribution in [0.5, 0.6) is 5.75 Å². The first-order valence-electron chi connectivity index (χ1n) is 10.4. The molecule has 1 fully saturated rings. The van der Waals surface area contributed by atoms with Gasteiger partial charge in [0.25, 0.3) is 0 Å². The van der Waals surface area contributed by atoms with Gasteiger partial charge < -0.3 is 20.3 Å². The Morgan fingerprint density at radius 3 is 2.47 bits per heavy atom. The molecule has 3 rings (SSSR count). The second-order valence-electron chi connectivity index (χ2n) is 8.84. The molecule has 0 aliphatic heterocycles. The summed E-state index contributed by atoms with van der Waals surface area (Å²) in [5.74, 6) is 2.51. The zero-order valence-corrected chi connectivity index (χ0v) is 19.2. The quantitative estimate of drug-likeness (QED) is 0.689. The number of nitrogens with zero attached hydrogens (tertiary/aromatic N) is 3. The van der Waals surface area contributed by atoms with Crippen LogP contribution in [0.4, 0.5) is 0 Å². The molecule has 0 saturated heterocycles. The van der Waals surface area contributed by atoms with Crippen LogP contribution >= 0.6 is 12.4 Å². The van der Waals surface area contributed by atoms with Gasteiger partial charge in [0.15, 0.2) is 5.82 Å². The third-order valence-corrected chi connectivity index (χ3v) is 5.65. The molecule has 8 heteroatoms. The molecule has 0 amide bonds. The van der Waals surface area contributed by atoms with Gasteiger partial charge in [0.2, 0.25) is 0 Å². The van der Waals surface area contributed by atoms with Crippen molar-refractivity contribution in [2.24, 2.45) is 5.73 Å². The Morgan fingerprint density at radius 1 is 1.20 bits per heavy atom. The Hall–Kier alpha value is -1.67. The lowest BCUT2D eigenvalue weighted by Gasteiger charge is -2.32. The Kier molecular flexibility index (Phi) is 8.67. The fourth-order valence-corrected chi connectivity index (χ4v) is 3.93. The van der Waals surface area contributed by atoms with Gasteiger partial charge in [-0.1, -0.05) is 32.9 Å². The van der Waals surface area contributed by atoms with Crippen LogP contribution in [0.1, 0.15) is 63.2 Å². The lowest BCUT2D eigenvalue weighted by Crippen LogP contribution is -2.41. The van der Waals surface area contributed by atoms with Gasteiger partial charge in [-0.05, 0) is 42.4 Å². The highest BCUT2D eigenvalue weighted by Gasteiger charge is 2.32. The number of benzene rings is 1. The summed E-state index contributed by atoms with van der Waals surface area (Å²) in [4.78, 5) is 4.73. The Bertz CT molecular complexity index is 789. The molecular weight excluding hydrogens is 404 g/mol. The Balaban J connectivity index is 0.00000320. The van der Waals surface area contributed by atoms with E-state index in [1.54, 1.807) is 11.8 Å². The average Bonchev–Trinajstić information content (AvgIpc) is 3.09. The Morgan fingerprint density at radius 2 is 1.90 bits per heavy atom. The third kappa shape index (κ3) is 5.94. The highest BCUT2D eigenvalue weighted by atomic mass is 35.5. The highest BCUT2D eigenvalue weighted by Crippen LogP contribution is 2.32. The second-order valence-corrected chi connectivity index (χ2v) is 8.84. The summed E-state index contributed by atoms with van der Waals surface area (Å²) in [6.07, 6.45) is 2.75. The van der Waals surface area contributed by atoms with Crippen LogP contribution in [0, 0.1) is 0 Å². The highest BCUT2D eigenvalue weighted by molar-refractivity contribution is 5.85. The number of rotatable bonds is 7. The molecule has 1 aromatic carbocycles.